The normalized spacial score (nSPS) is 10.8. The maximum atomic E-state index is 10.3. The number of hydrogen-bond donors (Lipinski definition) is 1. The van der Waals surface area contributed by atoms with Crippen LogP contribution in [0.3, 0.4) is 0 Å². The fourth-order valence-electron chi connectivity index (χ4n) is 1.38. The van der Waals surface area contributed by atoms with Crippen molar-refractivity contribution in [3.63, 3.8) is 0 Å². The zero-order valence-electron chi connectivity index (χ0n) is 9.02. The smallest absolute Gasteiger partial charge is 0.307 e. The second kappa shape index (κ2) is 5.07. The van der Waals surface area contributed by atoms with Gasteiger partial charge in [-0.3, -0.25) is 4.79 Å². The zero-order valence-corrected chi connectivity index (χ0v) is 9.02. The Morgan fingerprint density at radius 3 is 2.71 bits per heavy atom. The molecule has 0 spiro atoms. The molecule has 17 heavy (non-hydrogen) atoms. The molecule has 86 valence electrons. The Balaban J connectivity index is 2.08. The molecule has 0 saturated heterocycles. The molecule has 1 heterocycles. The minimum absolute atomic E-state index is 0.0326. The summed E-state index contributed by atoms with van der Waals surface area (Å²) >= 11 is 0. The highest BCUT2D eigenvalue weighted by Gasteiger charge is 1.96. The quantitative estimate of drug-likeness (QED) is 0.867. The monoisotopic (exact) mass is 229 g/mol. The molecule has 0 saturated carbocycles. The molecular weight excluding hydrogens is 218 g/mol. The van der Waals surface area contributed by atoms with E-state index in [-0.39, 0.29) is 6.42 Å². The van der Waals surface area contributed by atoms with E-state index in [1.165, 1.54) is 6.33 Å². The van der Waals surface area contributed by atoms with Crippen LogP contribution in [0.15, 0.2) is 43.0 Å². The van der Waals surface area contributed by atoms with E-state index in [1.54, 1.807) is 23.2 Å². The van der Waals surface area contributed by atoms with E-state index in [1.807, 2.05) is 24.3 Å². The zero-order chi connectivity index (χ0) is 12.1. The van der Waals surface area contributed by atoms with E-state index < -0.39 is 5.97 Å². The van der Waals surface area contributed by atoms with Crippen LogP contribution in [0.2, 0.25) is 0 Å². The van der Waals surface area contributed by atoms with Crippen molar-refractivity contribution in [2.24, 2.45) is 0 Å². The standard InChI is InChI=1S/C12H11N3O2/c16-12(17)3-1-2-10-4-6-11(7-5-10)15-9-13-8-14-15/h1-2,4-9H,3H2,(H,16,17)/b2-1+. The third-order valence-corrected chi connectivity index (χ3v) is 2.18. The fourth-order valence-corrected chi connectivity index (χ4v) is 1.38. The number of benzene rings is 1. The molecule has 1 aromatic carbocycles. The van der Waals surface area contributed by atoms with Crippen molar-refractivity contribution in [3.8, 4) is 5.69 Å². The topological polar surface area (TPSA) is 68.0 Å². The van der Waals surface area contributed by atoms with Crippen LogP contribution in [0.4, 0.5) is 0 Å². The summed E-state index contributed by atoms with van der Waals surface area (Å²) in [6.07, 6.45) is 6.52. The van der Waals surface area contributed by atoms with Gasteiger partial charge in [0, 0.05) is 0 Å². The van der Waals surface area contributed by atoms with Gasteiger partial charge in [-0.25, -0.2) is 9.67 Å². The Kier molecular flexibility index (Phi) is 3.30. The first-order valence-electron chi connectivity index (χ1n) is 5.09. The van der Waals surface area contributed by atoms with E-state index in [2.05, 4.69) is 10.1 Å². The lowest BCUT2D eigenvalue weighted by Gasteiger charge is -2.00. The second-order valence-corrected chi connectivity index (χ2v) is 3.43. The first-order chi connectivity index (χ1) is 8.25. The summed E-state index contributed by atoms with van der Waals surface area (Å²) in [5.41, 5.74) is 1.87. The molecule has 2 aromatic rings. The van der Waals surface area contributed by atoms with Gasteiger partial charge >= 0.3 is 5.97 Å². The molecule has 0 bridgehead atoms. The fraction of sp³-hybridized carbons (Fsp3) is 0.0833. The van der Waals surface area contributed by atoms with Crippen molar-refractivity contribution >= 4 is 12.0 Å². The van der Waals surface area contributed by atoms with Crippen LogP contribution < -0.4 is 0 Å². The van der Waals surface area contributed by atoms with Gasteiger partial charge in [-0.05, 0) is 17.7 Å². The average Bonchev–Trinajstić information content (AvgIpc) is 2.83. The van der Waals surface area contributed by atoms with Crippen LogP contribution in [0.5, 0.6) is 0 Å². The Morgan fingerprint density at radius 2 is 2.12 bits per heavy atom. The Morgan fingerprint density at radius 1 is 1.35 bits per heavy atom. The summed E-state index contributed by atoms with van der Waals surface area (Å²) < 4.78 is 1.66. The van der Waals surface area contributed by atoms with Crippen LogP contribution in [-0.2, 0) is 4.79 Å². The predicted octanol–water partition coefficient (Wildman–Crippen LogP) is 1.76. The summed E-state index contributed by atoms with van der Waals surface area (Å²) in [6, 6.07) is 7.59. The van der Waals surface area contributed by atoms with Crippen molar-refractivity contribution in [1.82, 2.24) is 14.8 Å². The van der Waals surface area contributed by atoms with Gasteiger partial charge < -0.3 is 5.11 Å². The molecular formula is C12H11N3O2. The van der Waals surface area contributed by atoms with E-state index >= 15 is 0 Å². The van der Waals surface area contributed by atoms with Crippen LogP contribution in [0, 0.1) is 0 Å². The first-order valence-corrected chi connectivity index (χ1v) is 5.09. The summed E-state index contributed by atoms with van der Waals surface area (Å²) in [4.78, 5) is 14.2. The summed E-state index contributed by atoms with van der Waals surface area (Å²) in [5, 5.41) is 12.5. The van der Waals surface area contributed by atoms with E-state index in [9.17, 15) is 4.79 Å². The van der Waals surface area contributed by atoms with Crippen LogP contribution in [-0.4, -0.2) is 25.8 Å². The first kappa shape index (κ1) is 11.1. The minimum Gasteiger partial charge on any atom is -0.481 e. The Labute approximate surface area is 98.0 Å². The molecule has 0 aliphatic rings. The molecule has 1 aromatic heterocycles. The van der Waals surface area contributed by atoms with Gasteiger partial charge in [0.2, 0.25) is 0 Å². The van der Waals surface area contributed by atoms with E-state index in [0.717, 1.165) is 11.3 Å². The minimum atomic E-state index is -0.833. The number of carboxylic acid groups (broad SMARTS) is 1. The van der Waals surface area contributed by atoms with Crippen LogP contribution in [0.1, 0.15) is 12.0 Å². The van der Waals surface area contributed by atoms with Crippen molar-refractivity contribution in [1.29, 1.82) is 0 Å². The van der Waals surface area contributed by atoms with Crippen molar-refractivity contribution < 1.29 is 9.90 Å². The lowest BCUT2D eigenvalue weighted by Crippen LogP contribution is -1.93. The Hall–Kier alpha value is -2.43. The third-order valence-electron chi connectivity index (χ3n) is 2.18. The summed E-state index contributed by atoms with van der Waals surface area (Å²) in [5.74, 6) is -0.833. The van der Waals surface area contributed by atoms with Gasteiger partial charge in [0.1, 0.15) is 12.7 Å². The molecule has 0 unspecified atom stereocenters. The number of aliphatic carboxylic acids is 1. The second-order valence-electron chi connectivity index (χ2n) is 3.43. The van der Waals surface area contributed by atoms with Gasteiger partial charge in [-0.15, -0.1) is 0 Å². The highest BCUT2D eigenvalue weighted by atomic mass is 16.4. The summed E-state index contributed by atoms with van der Waals surface area (Å²) in [7, 11) is 0. The van der Waals surface area contributed by atoms with Gasteiger partial charge in [0.25, 0.3) is 0 Å². The highest BCUT2D eigenvalue weighted by molar-refractivity contribution is 5.70. The Bertz CT molecular complexity index is 515. The number of carbonyl (C=O) groups is 1. The maximum absolute atomic E-state index is 10.3. The van der Waals surface area contributed by atoms with Gasteiger partial charge in [0.15, 0.2) is 0 Å². The molecule has 0 amide bonds. The van der Waals surface area contributed by atoms with E-state index in [0.29, 0.717) is 0 Å². The lowest BCUT2D eigenvalue weighted by atomic mass is 10.2. The van der Waals surface area contributed by atoms with Gasteiger partial charge in [-0.2, -0.15) is 5.10 Å². The van der Waals surface area contributed by atoms with Crippen LogP contribution >= 0.6 is 0 Å². The molecule has 2 rings (SSSR count). The molecule has 5 heteroatoms. The highest BCUT2D eigenvalue weighted by Crippen LogP contribution is 2.09. The number of hydrogen-bond acceptors (Lipinski definition) is 3. The summed E-state index contributed by atoms with van der Waals surface area (Å²) in [6.45, 7) is 0. The van der Waals surface area contributed by atoms with Gasteiger partial charge in [-0.1, -0.05) is 24.3 Å². The molecule has 0 aliphatic carbocycles. The molecule has 5 nitrogen and oxygen atoms in total. The van der Waals surface area contributed by atoms with Gasteiger partial charge in [0.05, 0.1) is 12.1 Å². The number of carboxylic acids is 1. The molecule has 0 atom stereocenters. The maximum Gasteiger partial charge on any atom is 0.307 e. The van der Waals surface area contributed by atoms with Crippen LogP contribution in [0.25, 0.3) is 11.8 Å². The number of rotatable bonds is 4. The molecule has 0 radical (unpaired) electrons. The lowest BCUT2D eigenvalue weighted by molar-refractivity contribution is -0.135. The van der Waals surface area contributed by atoms with E-state index in [4.69, 9.17) is 5.11 Å². The third kappa shape index (κ3) is 3.01. The average molecular weight is 229 g/mol. The molecule has 0 aliphatic heterocycles. The molecule has 1 N–H and O–H groups in total. The predicted molar refractivity (Wildman–Crippen MR) is 62.6 cm³/mol. The SMILES string of the molecule is O=C(O)C/C=C/c1ccc(-n2cncn2)cc1. The number of aromatic nitrogens is 3. The largest absolute Gasteiger partial charge is 0.481 e. The van der Waals surface area contributed by atoms with Crippen molar-refractivity contribution in [2.45, 2.75) is 6.42 Å². The van der Waals surface area contributed by atoms with Crippen molar-refractivity contribution in [2.75, 3.05) is 0 Å². The van der Waals surface area contributed by atoms with Crippen molar-refractivity contribution in [3.05, 3.63) is 48.6 Å². The number of nitrogens with zero attached hydrogens (tertiary/aromatic N) is 3. The molecule has 0 fully saturated rings.